The van der Waals surface area contributed by atoms with E-state index in [0.29, 0.717) is 24.3 Å². The normalized spacial score (nSPS) is 12.2. The van der Waals surface area contributed by atoms with Gasteiger partial charge in [-0.05, 0) is 51.5 Å². The lowest BCUT2D eigenvalue weighted by atomic mass is 10.0. The maximum Gasteiger partial charge on any atom is 0.160 e. The fraction of sp³-hybridized carbons (Fsp3) is 0.333. The summed E-state index contributed by atoms with van der Waals surface area (Å²) in [6.45, 7) is 0. The number of aliphatic hydroxyl groups excluding tert-OH is 1. The second-order valence-electron chi connectivity index (χ2n) is 4.44. The van der Waals surface area contributed by atoms with Gasteiger partial charge in [-0.25, -0.2) is 0 Å². The second kappa shape index (κ2) is 7.11. The Bertz CT molecular complexity index is 568. The van der Waals surface area contributed by atoms with Crippen LogP contribution in [0.15, 0.2) is 34.1 Å². The summed E-state index contributed by atoms with van der Waals surface area (Å²) >= 11 is 5.14. The van der Waals surface area contributed by atoms with E-state index in [1.54, 1.807) is 25.6 Å². The molecule has 3 nitrogen and oxygen atoms in total. The lowest BCUT2D eigenvalue weighted by molar-refractivity contribution is 0.176. The molecule has 20 heavy (non-hydrogen) atoms. The first-order valence-electron chi connectivity index (χ1n) is 6.25. The van der Waals surface area contributed by atoms with Crippen LogP contribution in [-0.2, 0) is 12.8 Å². The maximum absolute atomic E-state index is 10.2. The standard InChI is InChI=1S/C15H17BrO3S/c1-18-13-4-3-10(8-14(13)19-2)7-11(17)9-15-12(16)5-6-20-15/h3-6,8,11,17H,7,9H2,1-2H3. The largest absolute Gasteiger partial charge is 0.493 e. The molecule has 0 fully saturated rings. The van der Waals surface area contributed by atoms with Crippen molar-refractivity contribution in [2.24, 2.45) is 0 Å². The molecule has 108 valence electrons. The van der Waals surface area contributed by atoms with Gasteiger partial charge in [0.15, 0.2) is 11.5 Å². The number of methoxy groups -OCH3 is 2. The Hall–Kier alpha value is -1.04. The van der Waals surface area contributed by atoms with E-state index in [0.717, 1.165) is 14.9 Å². The van der Waals surface area contributed by atoms with Gasteiger partial charge in [-0.3, -0.25) is 0 Å². The van der Waals surface area contributed by atoms with Gasteiger partial charge in [0.05, 0.1) is 20.3 Å². The molecule has 0 saturated heterocycles. The van der Waals surface area contributed by atoms with E-state index in [4.69, 9.17) is 9.47 Å². The van der Waals surface area contributed by atoms with Crippen LogP contribution in [0.3, 0.4) is 0 Å². The number of hydrogen-bond acceptors (Lipinski definition) is 4. The third kappa shape index (κ3) is 3.75. The third-order valence-corrected chi connectivity index (χ3v) is 4.98. The van der Waals surface area contributed by atoms with Crippen molar-refractivity contribution in [1.82, 2.24) is 0 Å². The fourth-order valence-electron chi connectivity index (χ4n) is 2.04. The molecular weight excluding hydrogens is 340 g/mol. The molecule has 0 aliphatic rings. The summed E-state index contributed by atoms with van der Waals surface area (Å²) in [4.78, 5) is 1.16. The van der Waals surface area contributed by atoms with Crippen LogP contribution in [0.2, 0.25) is 0 Å². The van der Waals surface area contributed by atoms with E-state index in [2.05, 4.69) is 15.9 Å². The Balaban J connectivity index is 2.04. The maximum atomic E-state index is 10.2. The van der Waals surface area contributed by atoms with Crippen molar-refractivity contribution in [3.8, 4) is 11.5 Å². The Labute approximate surface area is 131 Å². The topological polar surface area (TPSA) is 38.7 Å². The first-order chi connectivity index (χ1) is 9.63. The average molecular weight is 357 g/mol. The number of hydrogen-bond donors (Lipinski definition) is 1. The number of thiophene rings is 1. The monoisotopic (exact) mass is 356 g/mol. The van der Waals surface area contributed by atoms with Crippen LogP contribution in [0.1, 0.15) is 10.4 Å². The highest BCUT2D eigenvalue weighted by atomic mass is 79.9. The first kappa shape index (κ1) is 15.4. The number of rotatable bonds is 6. The Morgan fingerprint density at radius 3 is 2.50 bits per heavy atom. The van der Waals surface area contributed by atoms with Crippen molar-refractivity contribution in [3.63, 3.8) is 0 Å². The molecule has 1 unspecified atom stereocenters. The van der Waals surface area contributed by atoms with E-state index in [1.807, 2.05) is 29.6 Å². The number of halogens is 1. The van der Waals surface area contributed by atoms with Gasteiger partial charge in [0.1, 0.15) is 0 Å². The Kier molecular flexibility index (Phi) is 5.46. The summed E-state index contributed by atoms with van der Waals surface area (Å²) in [5.41, 5.74) is 1.03. The minimum absolute atomic E-state index is 0.414. The number of ether oxygens (including phenoxy) is 2. The zero-order chi connectivity index (χ0) is 14.5. The fourth-order valence-corrected chi connectivity index (χ4v) is 3.62. The molecule has 5 heteroatoms. The van der Waals surface area contributed by atoms with Gasteiger partial charge in [-0.15, -0.1) is 11.3 Å². The van der Waals surface area contributed by atoms with Crippen LogP contribution in [0.25, 0.3) is 0 Å². The minimum atomic E-state index is -0.414. The van der Waals surface area contributed by atoms with Crippen molar-refractivity contribution in [2.45, 2.75) is 18.9 Å². The highest BCUT2D eigenvalue weighted by molar-refractivity contribution is 9.10. The van der Waals surface area contributed by atoms with E-state index < -0.39 is 6.10 Å². The predicted molar refractivity (Wildman–Crippen MR) is 85.0 cm³/mol. The number of aliphatic hydroxyl groups is 1. The molecule has 1 atom stereocenters. The van der Waals surface area contributed by atoms with E-state index >= 15 is 0 Å². The molecule has 2 aromatic rings. The van der Waals surface area contributed by atoms with Crippen molar-refractivity contribution in [3.05, 3.63) is 44.6 Å². The molecule has 1 aromatic carbocycles. The lowest BCUT2D eigenvalue weighted by Gasteiger charge is -2.13. The van der Waals surface area contributed by atoms with Crippen molar-refractivity contribution >= 4 is 27.3 Å². The lowest BCUT2D eigenvalue weighted by Crippen LogP contribution is -2.13. The highest BCUT2D eigenvalue weighted by Gasteiger charge is 2.12. The molecule has 1 N–H and O–H groups in total. The summed E-state index contributed by atoms with van der Waals surface area (Å²) < 4.78 is 11.5. The number of benzene rings is 1. The molecule has 0 saturated carbocycles. The van der Waals surface area contributed by atoms with Crippen LogP contribution >= 0.6 is 27.3 Å². The molecular formula is C15H17BrO3S. The zero-order valence-corrected chi connectivity index (χ0v) is 13.8. The quantitative estimate of drug-likeness (QED) is 0.857. The predicted octanol–water partition coefficient (Wildman–Crippen LogP) is 3.67. The van der Waals surface area contributed by atoms with Crippen LogP contribution in [0.4, 0.5) is 0 Å². The average Bonchev–Trinajstić information content (AvgIpc) is 2.84. The third-order valence-electron chi connectivity index (χ3n) is 3.03. The molecule has 0 aliphatic carbocycles. The van der Waals surface area contributed by atoms with Gasteiger partial charge in [-0.1, -0.05) is 6.07 Å². The Morgan fingerprint density at radius 2 is 1.90 bits per heavy atom. The van der Waals surface area contributed by atoms with Crippen LogP contribution in [-0.4, -0.2) is 25.4 Å². The molecule has 0 aliphatic heterocycles. The van der Waals surface area contributed by atoms with Crippen molar-refractivity contribution < 1.29 is 14.6 Å². The van der Waals surface area contributed by atoms with Gasteiger partial charge < -0.3 is 14.6 Å². The summed E-state index contributed by atoms with van der Waals surface area (Å²) in [6.07, 6.45) is 0.820. The summed E-state index contributed by atoms with van der Waals surface area (Å²) in [5, 5.41) is 12.2. The molecule has 0 bridgehead atoms. The molecule has 1 aromatic heterocycles. The summed E-state index contributed by atoms with van der Waals surface area (Å²) in [7, 11) is 3.22. The molecule has 0 radical (unpaired) electrons. The van der Waals surface area contributed by atoms with Gasteiger partial charge in [0.25, 0.3) is 0 Å². The van der Waals surface area contributed by atoms with Gasteiger partial charge in [0, 0.05) is 15.8 Å². The van der Waals surface area contributed by atoms with Crippen molar-refractivity contribution in [1.29, 1.82) is 0 Å². The minimum Gasteiger partial charge on any atom is -0.493 e. The highest BCUT2D eigenvalue weighted by Crippen LogP contribution is 2.29. The summed E-state index contributed by atoms with van der Waals surface area (Å²) in [6, 6.07) is 7.73. The van der Waals surface area contributed by atoms with Gasteiger partial charge in [-0.2, -0.15) is 0 Å². The second-order valence-corrected chi connectivity index (χ2v) is 6.30. The smallest absolute Gasteiger partial charge is 0.160 e. The first-order valence-corrected chi connectivity index (χ1v) is 7.92. The van der Waals surface area contributed by atoms with E-state index in [-0.39, 0.29) is 0 Å². The van der Waals surface area contributed by atoms with E-state index in [9.17, 15) is 5.11 Å². The van der Waals surface area contributed by atoms with Crippen molar-refractivity contribution in [2.75, 3.05) is 14.2 Å². The van der Waals surface area contributed by atoms with Gasteiger partial charge >= 0.3 is 0 Å². The molecule has 0 amide bonds. The van der Waals surface area contributed by atoms with Crippen LogP contribution < -0.4 is 9.47 Å². The van der Waals surface area contributed by atoms with Crippen LogP contribution in [0, 0.1) is 0 Å². The van der Waals surface area contributed by atoms with Gasteiger partial charge in [0.2, 0.25) is 0 Å². The van der Waals surface area contributed by atoms with E-state index in [1.165, 1.54) is 0 Å². The molecule has 0 spiro atoms. The Morgan fingerprint density at radius 1 is 1.15 bits per heavy atom. The molecule has 1 heterocycles. The summed E-state index contributed by atoms with van der Waals surface area (Å²) in [5.74, 6) is 1.39. The van der Waals surface area contributed by atoms with Crippen LogP contribution in [0.5, 0.6) is 11.5 Å². The zero-order valence-electron chi connectivity index (χ0n) is 11.4. The SMILES string of the molecule is COc1ccc(CC(O)Cc2sccc2Br)cc1OC. The molecule has 2 rings (SSSR count).